The van der Waals surface area contributed by atoms with E-state index in [1.807, 2.05) is 32.0 Å². The van der Waals surface area contributed by atoms with Gasteiger partial charge in [0.15, 0.2) is 0 Å². The Morgan fingerprint density at radius 1 is 1.36 bits per heavy atom. The van der Waals surface area contributed by atoms with Gasteiger partial charge in [0.2, 0.25) is 0 Å². The number of aryl methyl sites for hydroxylation is 2. The summed E-state index contributed by atoms with van der Waals surface area (Å²) in [6, 6.07) is 5.79. The lowest BCUT2D eigenvalue weighted by molar-refractivity contribution is 0.523. The summed E-state index contributed by atoms with van der Waals surface area (Å²) in [6.45, 7) is 3.88. The summed E-state index contributed by atoms with van der Waals surface area (Å²) >= 11 is 0. The van der Waals surface area contributed by atoms with E-state index in [1.165, 1.54) is 0 Å². The molecule has 0 aromatic heterocycles. The molecule has 0 amide bonds. The normalized spacial score (nSPS) is 10.0. The number of rotatable bonds is 2. The van der Waals surface area contributed by atoms with Gasteiger partial charge >= 0.3 is 8.69 Å². The van der Waals surface area contributed by atoms with E-state index in [2.05, 4.69) is 0 Å². The number of hydrogen-bond acceptors (Lipinski definition) is 2. The Morgan fingerprint density at radius 2 is 2.09 bits per heavy atom. The molecule has 0 aliphatic carbocycles. The highest BCUT2D eigenvalue weighted by Gasteiger charge is 1.98. The van der Waals surface area contributed by atoms with E-state index < -0.39 is 0 Å². The summed E-state index contributed by atoms with van der Waals surface area (Å²) in [5, 5.41) is 0. The zero-order chi connectivity index (χ0) is 8.27. The van der Waals surface area contributed by atoms with Crippen LogP contribution >= 0.6 is 8.69 Å². The first-order chi connectivity index (χ1) is 5.24. The third kappa shape index (κ3) is 2.02. The van der Waals surface area contributed by atoms with Crippen LogP contribution in [0, 0.1) is 13.8 Å². The first-order valence-corrected chi connectivity index (χ1v) is 4.04. The fraction of sp³-hybridized carbons (Fsp3) is 0.250. The van der Waals surface area contributed by atoms with Crippen LogP contribution < -0.4 is 4.52 Å². The fourth-order valence-electron chi connectivity index (χ4n) is 0.846. The van der Waals surface area contributed by atoms with Crippen LogP contribution in [0.1, 0.15) is 11.1 Å². The molecule has 2 nitrogen and oxygen atoms in total. The lowest BCUT2D eigenvalue weighted by Gasteiger charge is -2.01. The zero-order valence-corrected chi connectivity index (χ0v) is 7.39. The Kier molecular flexibility index (Phi) is 2.61. The topological polar surface area (TPSA) is 26.3 Å². The molecule has 0 unspecified atom stereocenters. The van der Waals surface area contributed by atoms with Crippen molar-refractivity contribution in [3.63, 3.8) is 0 Å². The van der Waals surface area contributed by atoms with Crippen LogP contribution in [-0.2, 0) is 4.57 Å². The summed E-state index contributed by atoms with van der Waals surface area (Å²) in [4.78, 5) is 0. The van der Waals surface area contributed by atoms with E-state index in [4.69, 9.17) is 4.52 Å². The van der Waals surface area contributed by atoms with Crippen LogP contribution in [0.15, 0.2) is 18.2 Å². The lowest BCUT2D eigenvalue weighted by Crippen LogP contribution is -1.81. The molecule has 1 aromatic carbocycles. The molecular weight excluding hydrogens is 159 g/mol. The maximum Gasteiger partial charge on any atom is 0.395 e. The van der Waals surface area contributed by atoms with Gasteiger partial charge in [-0.3, -0.25) is 0 Å². The van der Waals surface area contributed by atoms with Crippen molar-refractivity contribution in [3.05, 3.63) is 29.3 Å². The molecule has 0 fully saturated rings. The van der Waals surface area contributed by atoms with Crippen molar-refractivity contribution < 1.29 is 9.09 Å². The number of hydrogen-bond donors (Lipinski definition) is 0. The largest absolute Gasteiger partial charge is 0.407 e. The minimum Gasteiger partial charge on any atom is -0.407 e. The SMILES string of the molecule is Cc1ccc(C)c(OP=O)c1. The summed E-state index contributed by atoms with van der Waals surface area (Å²) in [5.41, 5.74) is 2.10. The monoisotopic (exact) mass is 168 g/mol. The van der Waals surface area contributed by atoms with Gasteiger partial charge in [0.05, 0.1) is 0 Å². The van der Waals surface area contributed by atoms with Crippen molar-refractivity contribution in [2.45, 2.75) is 13.8 Å². The molecule has 0 N–H and O–H groups in total. The van der Waals surface area contributed by atoms with Crippen LogP contribution in [-0.4, -0.2) is 0 Å². The lowest BCUT2D eigenvalue weighted by atomic mass is 10.1. The standard InChI is InChI=1S/C8H9O2P/c1-6-3-4-7(2)8(5-6)10-11-9/h3-5H,1-2H3. The summed E-state index contributed by atoms with van der Waals surface area (Å²) in [6.07, 6.45) is 0. The Bertz CT molecular complexity index is 271. The quantitative estimate of drug-likeness (QED) is 0.634. The van der Waals surface area contributed by atoms with E-state index >= 15 is 0 Å². The molecule has 0 bridgehead atoms. The highest BCUT2D eigenvalue weighted by molar-refractivity contribution is 7.17. The van der Waals surface area contributed by atoms with E-state index in [0.29, 0.717) is 5.75 Å². The van der Waals surface area contributed by atoms with E-state index in [9.17, 15) is 4.57 Å². The van der Waals surface area contributed by atoms with Crippen LogP contribution in [0.3, 0.4) is 0 Å². The molecule has 0 atom stereocenters. The van der Waals surface area contributed by atoms with Gasteiger partial charge in [-0.05, 0) is 31.0 Å². The average molecular weight is 168 g/mol. The molecule has 0 saturated heterocycles. The number of benzene rings is 1. The highest BCUT2D eigenvalue weighted by Crippen LogP contribution is 2.21. The molecule has 0 aliphatic heterocycles. The van der Waals surface area contributed by atoms with Gasteiger partial charge in [0.1, 0.15) is 5.75 Å². The first-order valence-electron chi connectivity index (χ1n) is 3.31. The third-order valence-corrected chi connectivity index (χ3v) is 1.75. The van der Waals surface area contributed by atoms with Crippen molar-refractivity contribution in [2.24, 2.45) is 0 Å². The van der Waals surface area contributed by atoms with Crippen LogP contribution in [0.25, 0.3) is 0 Å². The molecule has 58 valence electrons. The second-order valence-corrected chi connectivity index (χ2v) is 2.77. The fourth-order valence-corrected chi connectivity index (χ4v) is 1.12. The molecule has 0 aliphatic rings. The Balaban J connectivity index is 3.01. The van der Waals surface area contributed by atoms with E-state index in [-0.39, 0.29) is 8.69 Å². The van der Waals surface area contributed by atoms with E-state index in [1.54, 1.807) is 0 Å². The average Bonchev–Trinajstić information content (AvgIpc) is 1.98. The molecule has 3 heteroatoms. The molecule has 0 heterocycles. The summed E-state index contributed by atoms with van der Waals surface area (Å²) in [7, 11) is -0.297. The maximum atomic E-state index is 10.1. The minimum absolute atomic E-state index is 0.297. The highest BCUT2D eigenvalue weighted by atomic mass is 31.1. The molecule has 0 spiro atoms. The van der Waals surface area contributed by atoms with Gasteiger partial charge in [0, 0.05) is 0 Å². The van der Waals surface area contributed by atoms with Crippen molar-refractivity contribution >= 4 is 8.69 Å². The molecular formula is C8H9O2P. The van der Waals surface area contributed by atoms with Gasteiger partial charge in [-0.25, -0.2) is 4.57 Å². The predicted octanol–water partition coefficient (Wildman–Crippen LogP) is 2.89. The summed E-state index contributed by atoms with van der Waals surface area (Å²) < 4.78 is 14.9. The molecule has 1 aromatic rings. The van der Waals surface area contributed by atoms with Crippen LogP contribution in [0.4, 0.5) is 0 Å². The first kappa shape index (κ1) is 8.22. The summed E-state index contributed by atoms with van der Waals surface area (Å²) in [5.74, 6) is 0.682. The van der Waals surface area contributed by atoms with Gasteiger partial charge in [-0.1, -0.05) is 12.1 Å². The minimum atomic E-state index is -0.297. The van der Waals surface area contributed by atoms with Gasteiger partial charge in [-0.2, -0.15) is 0 Å². The maximum absolute atomic E-state index is 10.1. The third-order valence-electron chi connectivity index (χ3n) is 1.48. The van der Waals surface area contributed by atoms with Crippen LogP contribution in [0.2, 0.25) is 0 Å². The zero-order valence-electron chi connectivity index (χ0n) is 6.50. The van der Waals surface area contributed by atoms with Crippen molar-refractivity contribution in [1.29, 1.82) is 0 Å². The Hall–Kier alpha value is -0.880. The Labute approximate surface area is 67.5 Å². The molecule has 0 radical (unpaired) electrons. The molecule has 0 saturated carbocycles. The Morgan fingerprint density at radius 3 is 2.73 bits per heavy atom. The van der Waals surface area contributed by atoms with Gasteiger partial charge < -0.3 is 4.52 Å². The smallest absolute Gasteiger partial charge is 0.395 e. The second-order valence-electron chi connectivity index (χ2n) is 2.43. The van der Waals surface area contributed by atoms with Crippen molar-refractivity contribution in [2.75, 3.05) is 0 Å². The van der Waals surface area contributed by atoms with Crippen molar-refractivity contribution in [3.8, 4) is 5.75 Å². The predicted molar refractivity (Wildman–Crippen MR) is 44.2 cm³/mol. The second kappa shape index (κ2) is 3.49. The van der Waals surface area contributed by atoms with Crippen LogP contribution in [0.5, 0.6) is 5.75 Å². The molecule has 1 rings (SSSR count). The molecule has 11 heavy (non-hydrogen) atoms. The van der Waals surface area contributed by atoms with Crippen molar-refractivity contribution in [1.82, 2.24) is 0 Å². The van der Waals surface area contributed by atoms with E-state index in [0.717, 1.165) is 11.1 Å². The van der Waals surface area contributed by atoms with Gasteiger partial charge in [-0.15, -0.1) is 0 Å². The van der Waals surface area contributed by atoms with Gasteiger partial charge in [0.25, 0.3) is 0 Å².